The van der Waals surface area contributed by atoms with E-state index in [0.29, 0.717) is 23.4 Å². The lowest BCUT2D eigenvalue weighted by molar-refractivity contribution is 0.0858. The summed E-state index contributed by atoms with van der Waals surface area (Å²) in [6, 6.07) is 24.9. The van der Waals surface area contributed by atoms with Gasteiger partial charge in [-0.15, -0.1) is 0 Å². The predicted molar refractivity (Wildman–Crippen MR) is 126 cm³/mol. The minimum absolute atomic E-state index is 0.0668. The number of aryl methyl sites for hydroxylation is 2. The molecule has 0 bridgehead atoms. The fourth-order valence-corrected chi connectivity index (χ4v) is 3.97. The van der Waals surface area contributed by atoms with Crippen molar-refractivity contribution in [2.45, 2.75) is 31.8 Å². The molecule has 0 aliphatic carbocycles. The summed E-state index contributed by atoms with van der Waals surface area (Å²) in [5, 5.41) is 5.87. The van der Waals surface area contributed by atoms with Gasteiger partial charge >= 0.3 is 0 Å². The Balaban J connectivity index is 1.44. The second kappa shape index (κ2) is 10.7. The number of ether oxygens (including phenoxy) is 1. The molecular formula is C27H28N2O3. The van der Waals surface area contributed by atoms with E-state index in [0.717, 1.165) is 37.9 Å². The van der Waals surface area contributed by atoms with E-state index in [1.807, 2.05) is 48.5 Å². The Labute approximate surface area is 188 Å². The van der Waals surface area contributed by atoms with E-state index in [-0.39, 0.29) is 17.9 Å². The average Bonchev–Trinajstić information content (AvgIpc) is 3.36. The monoisotopic (exact) mass is 428 g/mol. The fourth-order valence-electron chi connectivity index (χ4n) is 3.97. The number of anilines is 1. The topological polar surface area (TPSA) is 67.4 Å². The molecular weight excluding hydrogens is 400 g/mol. The Morgan fingerprint density at radius 1 is 0.812 bits per heavy atom. The SMILES string of the molecule is O=C(Nc1ccccc1C(=O)NC[C@@H]1CCCO1)c1ccccc1CCc1ccccc1. The van der Waals surface area contributed by atoms with Crippen LogP contribution in [0, 0.1) is 0 Å². The lowest BCUT2D eigenvalue weighted by Gasteiger charge is -2.15. The Kier molecular flexibility index (Phi) is 7.31. The van der Waals surface area contributed by atoms with Crippen LogP contribution in [0.4, 0.5) is 5.69 Å². The molecule has 0 unspecified atom stereocenters. The van der Waals surface area contributed by atoms with Crippen molar-refractivity contribution in [1.29, 1.82) is 0 Å². The molecule has 1 fully saturated rings. The van der Waals surface area contributed by atoms with E-state index in [2.05, 4.69) is 22.8 Å². The Bertz CT molecular complexity index is 1060. The molecule has 164 valence electrons. The van der Waals surface area contributed by atoms with Crippen molar-refractivity contribution in [3.8, 4) is 0 Å². The van der Waals surface area contributed by atoms with Gasteiger partial charge in [-0.25, -0.2) is 0 Å². The number of carbonyl (C=O) groups excluding carboxylic acids is 2. The highest BCUT2D eigenvalue weighted by atomic mass is 16.5. The maximum atomic E-state index is 13.1. The summed E-state index contributed by atoms with van der Waals surface area (Å²) >= 11 is 0. The van der Waals surface area contributed by atoms with Crippen LogP contribution < -0.4 is 10.6 Å². The molecule has 2 N–H and O–H groups in total. The molecule has 0 spiro atoms. The molecule has 0 aromatic heterocycles. The second-order valence-electron chi connectivity index (χ2n) is 7.99. The second-order valence-corrected chi connectivity index (χ2v) is 7.99. The quantitative estimate of drug-likeness (QED) is 0.550. The standard InChI is InChI=1S/C27H28N2O3/c30-26(28-19-22-12-8-18-32-22)24-14-6-7-15-25(24)29-27(31)23-13-5-4-11-21(23)17-16-20-9-2-1-3-10-20/h1-7,9-11,13-15,22H,8,12,16-19H2,(H,28,30)(H,29,31)/t22-/m0/s1. The summed E-state index contributed by atoms with van der Waals surface area (Å²) in [7, 11) is 0. The van der Waals surface area contributed by atoms with Crippen LogP contribution in [-0.4, -0.2) is 31.1 Å². The third-order valence-corrected chi connectivity index (χ3v) is 5.72. The van der Waals surface area contributed by atoms with Gasteiger partial charge in [-0.05, 0) is 55.0 Å². The van der Waals surface area contributed by atoms with Crippen molar-refractivity contribution in [2.75, 3.05) is 18.5 Å². The van der Waals surface area contributed by atoms with Crippen molar-refractivity contribution in [3.63, 3.8) is 0 Å². The van der Waals surface area contributed by atoms with Crippen LogP contribution in [0.5, 0.6) is 0 Å². The maximum absolute atomic E-state index is 13.1. The van der Waals surface area contributed by atoms with E-state index < -0.39 is 0 Å². The van der Waals surface area contributed by atoms with Crippen molar-refractivity contribution >= 4 is 17.5 Å². The molecule has 1 aliphatic heterocycles. The van der Waals surface area contributed by atoms with Crippen LogP contribution in [0.3, 0.4) is 0 Å². The molecule has 0 saturated carbocycles. The Morgan fingerprint density at radius 3 is 2.31 bits per heavy atom. The summed E-state index contributed by atoms with van der Waals surface area (Å²) in [5.41, 5.74) is 3.78. The highest BCUT2D eigenvalue weighted by Crippen LogP contribution is 2.19. The van der Waals surface area contributed by atoms with Gasteiger partial charge in [0.1, 0.15) is 0 Å². The summed E-state index contributed by atoms with van der Waals surface area (Å²) in [5.74, 6) is -0.429. The van der Waals surface area contributed by atoms with Gasteiger partial charge in [0.05, 0.1) is 17.4 Å². The van der Waals surface area contributed by atoms with Gasteiger partial charge in [0.15, 0.2) is 0 Å². The lowest BCUT2D eigenvalue weighted by atomic mass is 9.99. The Morgan fingerprint density at radius 2 is 1.53 bits per heavy atom. The number of rotatable bonds is 8. The normalized spacial score (nSPS) is 15.3. The number of benzene rings is 3. The molecule has 1 atom stereocenters. The van der Waals surface area contributed by atoms with Crippen LogP contribution in [0.15, 0.2) is 78.9 Å². The van der Waals surface area contributed by atoms with E-state index in [9.17, 15) is 9.59 Å². The van der Waals surface area contributed by atoms with E-state index in [4.69, 9.17) is 4.74 Å². The van der Waals surface area contributed by atoms with E-state index in [1.54, 1.807) is 18.2 Å². The zero-order valence-electron chi connectivity index (χ0n) is 18.1. The predicted octanol–water partition coefficient (Wildman–Crippen LogP) is 4.63. The molecule has 3 aromatic rings. The molecule has 5 nitrogen and oxygen atoms in total. The van der Waals surface area contributed by atoms with Gasteiger partial charge in [-0.1, -0.05) is 60.7 Å². The molecule has 0 radical (unpaired) electrons. The average molecular weight is 429 g/mol. The van der Waals surface area contributed by atoms with Gasteiger partial charge in [0, 0.05) is 18.7 Å². The largest absolute Gasteiger partial charge is 0.376 e. The van der Waals surface area contributed by atoms with Crippen LogP contribution in [-0.2, 0) is 17.6 Å². The first-order chi connectivity index (χ1) is 15.7. The van der Waals surface area contributed by atoms with Gasteiger partial charge in [0.2, 0.25) is 0 Å². The van der Waals surface area contributed by atoms with Crippen LogP contribution in [0.2, 0.25) is 0 Å². The minimum Gasteiger partial charge on any atom is -0.376 e. The first-order valence-electron chi connectivity index (χ1n) is 11.1. The zero-order valence-corrected chi connectivity index (χ0v) is 18.1. The highest BCUT2D eigenvalue weighted by Gasteiger charge is 2.19. The first-order valence-corrected chi connectivity index (χ1v) is 11.1. The third kappa shape index (κ3) is 5.62. The van der Waals surface area contributed by atoms with Gasteiger partial charge < -0.3 is 15.4 Å². The number of para-hydroxylation sites is 1. The van der Waals surface area contributed by atoms with Crippen molar-refractivity contribution < 1.29 is 14.3 Å². The Hall–Kier alpha value is -3.44. The molecule has 5 heteroatoms. The molecule has 4 rings (SSSR count). The summed E-state index contributed by atoms with van der Waals surface area (Å²) in [6.07, 6.45) is 3.66. The molecule has 2 amide bonds. The first kappa shape index (κ1) is 21.8. The molecule has 1 aliphatic rings. The lowest BCUT2D eigenvalue weighted by Crippen LogP contribution is -2.32. The highest BCUT2D eigenvalue weighted by molar-refractivity contribution is 6.09. The summed E-state index contributed by atoms with van der Waals surface area (Å²) < 4.78 is 5.58. The molecule has 3 aromatic carbocycles. The third-order valence-electron chi connectivity index (χ3n) is 5.72. The number of carbonyl (C=O) groups is 2. The molecule has 1 heterocycles. The van der Waals surface area contributed by atoms with Crippen LogP contribution >= 0.6 is 0 Å². The minimum atomic E-state index is -0.215. The maximum Gasteiger partial charge on any atom is 0.255 e. The smallest absolute Gasteiger partial charge is 0.255 e. The van der Waals surface area contributed by atoms with Gasteiger partial charge in [-0.3, -0.25) is 9.59 Å². The van der Waals surface area contributed by atoms with Gasteiger partial charge in [0.25, 0.3) is 11.8 Å². The number of amides is 2. The van der Waals surface area contributed by atoms with Crippen molar-refractivity contribution in [2.24, 2.45) is 0 Å². The fraction of sp³-hybridized carbons (Fsp3) is 0.259. The van der Waals surface area contributed by atoms with Crippen LogP contribution in [0.1, 0.15) is 44.7 Å². The number of hydrogen-bond acceptors (Lipinski definition) is 3. The zero-order chi connectivity index (χ0) is 22.2. The molecule has 32 heavy (non-hydrogen) atoms. The van der Waals surface area contributed by atoms with Gasteiger partial charge in [-0.2, -0.15) is 0 Å². The summed E-state index contributed by atoms with van der Waals surface area (Å²) in [6.45, 7) is 1.22. The van der Waals surface area contributed by atoms with Crippen LogP contribution in [0.25, 0.3) is 0 Å². The van der Waals surface area contributed by atoms with E-state index in [1.165, 1.54) is 5.56 Å². The summed E-state index contributed by atoms with van der Waals surface area (Å²) in [4.78, 5) is 25.9. The van der Waals surface area contributed by atoms with E-state index >= 15 is 0 Å². The number of hydrogen-bond donors (Lipinski definition) is 2. The number of nitrogens with one attached hydrogen (secondary N) is 2. The van der Waals surface area contributed by atoms with Crippen molar-refractivity contribution in [1.82, 2.24) is 5.32 Å². The van der Waals surface area contributed by atoms with Crippen molar-refractivity contribution in [3.05, 3.63) is 101 Å². The molecule has 1 saturated heterocycles.